The van der Waals surface area contributed by atoms with Crippen molar-refractivity contribution in [2.75, 3.05) is 7.11 Å². The fraction of sp³-hybridized carbons (Fsp3) is 0.0556. The maximum Gasteiger partial charge on any atom is 0.285 e. The van der Waals surface area contributed by atoms with E-state index in [1.165, 1.54) is 18.2 Å². The van der Waals surface area contributed by atoms with Crippen LogP contribution in [0.15, 0.2) is 53.4 Å². The van der Waals surface area contributed by atoms with Gasteiger partial charge in [0.15, 0.2) is 4.32 Å². The lowest BCUT2D eigenvalue weighted by molar-refractivity contribution is -0.384. The molecule has 0 saturated carbocycles. The number of hydrogen-bond acceptors (Lipinski definition) is 7. The molecule has 1 fully saturated rings. The minimum atomic E-state index is -0.678. The van der Waals surface area contributed by atoms with Crippen molar-refractivity contribution in [3.05, 3.63) is 74.7 Å². The van der Waals surface area contributed by atoms with Crippen LogP contribution in [0.2, 0.25) is 0 Å². The third-order valence-corrected chi connectivity index (χ3v) is 5.02. The van der Waals surface area contributed by atoms with Gasteiger partial charge < -0.3 is 4.74 Å². The summed E-state index contributed by atoms with van der Waals surface area (Å²) in [5.74, 6) is -0.526. The van der Waals surface area contributed by atoms with Gasteiger partial charge in [-0.15, -0.1) is 0 Å². The molecule has 3 rings (SSSR count). The van der Waals surface area contributed by atoms with E-state index in [0.29, 0.717) is 10.7 Å². The molecule has 1 aliphatic rings. The molecule has 28 heavy (non-hydrogen) atoms. The number of nitrogens with one attached hydrogen (secondary N) is 1. The highest BCUT2D eigenvalue weighted by atomic mass is 32.2. The summed E-state index contributed by atoms with van der Waals surface area (Å²) in [5, 5.41) is 11.8. The Hall–Kier alpha value is -3.24. The highest BCUT2D eigenvalue weighted by Gasteiger charge is 2.34. The zero-order valence-corrected chi connectivity index (χ0v) is 16.1. The van der Waals surface area contributed by atoms with Crippen LogP contribution in [0.5, 0.6) is 5.75 Å². The zero-order valence-electron chi connectivity index (χ0n) is 14.4. The number of ether oxygens (including phenoxy) is 1. The fourth-order valence-corrected chi connectivity index (χ4v) is 3.55. The SMILES string of the molecule is COc1cccc(/C=C2\SC(=S)N(NC(=O)c3cccc([N+](=O)[O-])c3)C2=O)c1. The molecule has 10 heteroatoms. The van der Waals surface area contributed by atoms with E-state index in [-0.39, 0.29) is 15.6 Å². The van der Waals surface area contributed by atoms with Crippen molar-refractivity contribution in [1.82, 2.24) is 10.4 Å². The summed E-state index contributed by atoms with van der Waals surface area (Å²) >= 11 is 6.22. The number of carbonyl (C=O) groups excluding carboxylic acids is 2. The summed E-state index contributed by atoms with van der Waals surface area (Å²) < 4.78 is 5.31. The van der Waals surface area contributed by atoms with Crippen molar-refractivity contribution in [3.8, 4) is 5.75 Å². The molecule has 1 aliphatic heterocycles. The summed E-state index contributed by atoms with van der Waals surface area (Å²) in [4.78, 5) is 35.6. The van der Waals surface area contributed by atoms with Gasteiger partial charge in [0.1, 0.15) is 5.75 Å². The Morgan fingerprint density at radius 1 is 1.29 bits per heavy atom. The van der Waals surface area contributed by atoms with E-state index in [1.807, 2.05) is 0 Å². The van der Waals surface area contributed by atoms with Crippen LogP contribution in [0.1, 0.15) is 15.9 Å². The molecule has 0 aliphatic carbocycles. The predicted octanol–water partition coefficient (Wildman–Crippen LogP) is 3.15. The van der Waals surface area contributed by atoms with Crippen molar-refractivity contribution < 1.29 is 19.2 Å². The van der Waals surface area contributed by atoms with Gasteiger partial charge in [0.2, 0.25) is 0 Å². The van der Waals surface area contributed by atoms with E-state index in [1.54, 1.807) is 37.5 Å². The number of thioether (sulfide) groups is 1. The number of methoxy groups -OCH3 is 1. The minimum absolute atomic E-state index is 0.0417. The second-order valence-corrected chi connectivity index (χ2v) is 7.22. The number of carbonyl (C=O) groups is 2. The zero-order chi connectivity index (χ0) is 20.3. The minimum Gasteiger partial charge on any atom is -0.497 e. The fourth-order valence-electron chi connectivity index (χ4n) is 2.37. The molecule has 0 atom stereocenters. The first-order valence-corrected chi connectivity index (χ1v) is 9.09. The second-order valence-electron chi connectivity index (χ2n) is 5.54. The highest BCUT2D eigenvalue weighted by Crippen LogP contribution is 2.32. The van der Waals surface area contributed by atoms with Gasteiger partial charge in [-0.2, -0.15) is 5.01 Å². The van der Waals surface area contributed by atoms with Gasteiger partial charge in [0.05, 0.1) is 16.9 Å². The Balaban J connectivity index is 1.78. The van der Waals surface area contributed by atoms with Gasteiger partial charge in [-0.3, -0.25) is 25.1 Å². The molecule has 0 aromatic heterocycles. The van der Waals surface area contributed by atoms with Crippen LogP contribution in [0.25, 0.3) is 6.08 Å². The molecule has 2 aromatic rings. The molecule has 8 nitrogen and oxygen atoms in total. The number of nitrogens with zero attached hydrogens (tertiary/aromatic N) is 2. The van der Waals surface area contributed by atoms with Crippen LogP contribution < -0.4 is 10.2 Å². The topological polar surface area (TPSA) is 102 Å². The number of rotatable bonds is 5. The number of thiocarbonyl (C=S) groups is 1. The molecular formula is C18H13N3O5S2. The molecule has 1 N–H and O–H groups in total. The smallest absolute Gasteiger partial charge is 0.285 e. The first-order valence-electron chi connectivity index (χ1n) is 7.86. The largest absolute Gasteiger partial charge is 0.497 e. The van der Waals surface area contributed by atoms with Crippen LogP contribution in [0.3, 0.4) is 0 Å². The number of hydrogen-bond donors (Lipinski definition) is 1. The average molecular weight is 415 g/mol. The lowest BCUT2D eigenvalue weighted by Gasteiger charge is -2.15. The maximum absolute atomic E-state index is 12.6. The summed E-state index contributed by atoms with van der Waals surface area (Å²) in [5.41, 5.74) is 2.95. The molecule has 2 amide bonds. The van der Waals surface area contributed by atoms with Crippen LogP contribution in [-0.4, -0.2) is 33.2 Å². The summed E-state index contributed by atoms with van der Waals surface area (Å²) in [6, 6.07) is 12.3. The van der Waals surface area contributed by atoms with Gasteiger partial charge in [-0.25, -0.2) is 0 Å². The molecule has 0 radical (unpaired) electrons. The van der Waals surface area contributed by atoms with Gasteiger partial charge in [-0.05, 0) is 42.1 Å². The number of nitro groups is 1. The standard InChI is InChI=1S/C18H13N3O5S2/c1-26-14-7-2-4-11(8-14)9-15-17(23)20(18(27)28-15)19-16(22)12-5-3-6-13(10-12)21(24)25/h2-10H,1H3,(H,19,22)/b15-9-. The Morgan fingerprint density at radius 3 is 2.75 bits per heavy atom. The lowest BCUT2D eigenvalue weighted by Crippen LogP contribution is -2.44. The molecule has 1 heterocycles. The van der Waals surface area contributed by atoms with Crippen molar-refractivity contribution >= 4 is 51.9 Å². The summed E-state index contributed by atoms with van der Waals surface area (Å²) in [7, 11) is 1.54. The van der Waals surface area contributed by atoms with Crippen molar-refractivity contribution in [1.29, 1.82) is 0 Å². The van der Waals surface area contributed by atoms with E-state index < -0.39 is 16.7 Å². The van der Waals surface area contributed by atoms with Crippen LogP contribution >= 0.6 is 24.0 Å². The monoisotopic (exact) mass is 415 g/mol. The van der Waals surface area contributed by atoms with Crippen molar-refractivity contribution in [2.45, 2.75) is 0 Å². The van der Waals surface area contributed by atoms with Gasteiger partial charge in [0.25, 0.3) is 17.5 Å². The quantitative estimate of drug-likeness (QED) is 0.346. The van der Waals surface area contributed by atoms with Crippen molar-refractivity contribution in [2.24, 2.45) is 0 Å². The number of benzene rings is 2. The Bertz CT molecular complexity index is 1020. The molecule has 2 aromatic carbocycles. The maximum atomic E-state index is 12.6. The van der Waals surface area contributed by atoms with E-state index in [0.717, 1.165) is 28.4 Å². The lowest BCUT2D eigenvalue weighted by atomic mass is 10.2. The number of amides is 2. The number of non-ortho nitro benzene ring substituents is 1. The van der Waals surface area contributed by atoms with Crippen molar-refractivity contribution in [3.63, 3.8) is 0 Å². The molecule has 0 spiro atoms. The Morgan fingerprint density at radius 2 is 2.04 bits per heavy atom. The van der Waals surface area contributed by atoms with Crippen LogP contribution in [0, 0.1) is 10.1 Å². The second kappa shape index (κ2) is 8.19. The van der Waals surface area contributed by atoms with E-state index >= 15 is 0 Å². The first-order chi connectivity index (χ1) is 13.4. The Kier molecular flexibility index (Phi) is 5.71. The van der Waals surface area contributed by atoms with Gasteiger partial charge >= 0.3 is 0 Å². The predicted molar refractivity (Wildman–Crippen MR) is 109 cm³/mol. The highest BCUT2D eigenvalue weighted by molar-refractivity contribution is 8.26. The third kappa shape index (κ3) is 4.18. The number of nitro benzene ring substituents is 1. The molecule has 142 valence electrons. The molecule has 0 unspecified atom stereocenters. The van der Waals surface area contributed by atoms with Gasteiger partial charge in [0, 0.05) is 17.7 Å². The molecule has 0 bridgehead atoms. The molecule has 1 saturated heterocycles. The first kappa shape index (κ1) is 19.5. The third-order valence-electron chi connectivity index (χ3n) is 3.72. The van der Waals surface area contributed by atoms with Crippen LogP contribution in [0.4, 0.5) is 5.69 Å². The number of hydrazine groups is 1. The molecular weight excluding hydrogens is 402 g/mol. The van der Waals surface area contributed by atoms with E-state index in [4.69, 9.17) is 17.0 Å². The Labute approximate surface area is 169 Å². The van der Waals surface area contributed by atoms with Crippen LogP contribution in [-0.2, 0) is 4.79 Å². The van der Waals surface area contributed by atoms with Gasteiger partial charge in [-0.1, -0.05) is 30.0 Å². The van der Waals surface area contributed by atoms with E-state index in [9.17, 15) is 19.7 Å². The normalized spacial score (nSPS) is 15.0. The van der Waals surface area contributed by atoms with E-state index in [2.05, 4.69) is 5.43 Å². The summed E-state index contributed by atoms with van der Waals surface area (Å²) in [6.07, 6.45) is 1.64. The average Bonchev–Trinajstić information content (AvgIpc) is 2.95. The summed E-state index contributed by atoms with van der Waals surface area (Å²) in [6.45, 7) is 0.